The Morgan fingerprint density at radius 3 is 2.37 bits per heavy atom. The van der Waals surface area contributed by atoms with Gasteiger partial charge in [-0.05, 0) is 56.2 Å². The van der Waals surface area contributed by atoms with Crippen molar-refractivity contribution < 1.29 is 0 Å². The van der Waals surface area contributed by atoms with E-state index in [9.17, 15) is 0 Å². The van der Waals surface area contributed by atoms with Crippen LogP contribution in [-0.2, 0) is 0 Å². The highest BCUT2D eigenvalue weighted by Gasteiger charge is 2.38. The van der Waals surface area contributed by atoms with E-state index in [2.05, 4.69) is 40.5 Å². The first kappa shape index (κ1) is 11.9. The monoisotopic (exact) mass is 256 g/mol. The predicted molar refractivity (Wildman–Crippen MR) is 78.3 cm³/mol. The Bertz CT molecular complexity index is 416. The minimum atomic E-state index is 0.774. The van der Waals surface area contributed by atoms with Crippen molar-refractivity contribution in [3.63, 3.8) is 0 Å². The van der Waals surface area contributed by atoms with Gasteiger partial charge in [0.25, 0.3) is 0 Å². The lowest BCUT2D eigenvalue weighted by molar-refractivity contribution is 0.0584. The molecule has 1 aliphatic carbocycles. The maximum absolute atomic E-state index is 3.94. The van der Waals surface area contributed by atoms with E-state index in [4.69, 9.17) is 0 Å². The van der Waals surface area contributed by atoms with E-state index in [1.165, 1.54) is 50.9 Å². The first-order chi connectivity index (χ1) is 9.38. The van der Waals surface area contributed by atoms with Gasteiger partial charge in [0.1, 0.15) is 0 Å². The van der Waals surface area contributed by atoms with Crippen LogP contribution in [0, 0.1) is 5.92 Å². The average Bonchev–Trinajstić information content (AvgIpc) is 2.45. The van der Waals surface area contributed by atoms with Crippen LogP contribution < -0.4 is 5.32 Å². The highest BCUT2D eigenvalue weighted by atomic mass is 15.2. The molecule has 3 saturated heterocycles. The topological polar surface area (TPSA) is 15.3 Å². The second-order valence-corrected chi connectivity index (χ2v) is 6.69. The molecule has 4 aliphatic rings. The van der Waals surface area contributed by atoms with Crippen LogP contribution in [0.2, 0.25) is 0 Å². The quantitative estimate of drug-likeness (QED) is 0.894. The lowest BCUT2D eigenvalue weighted by Gasteiger charge is -2.48. The summed E-state index contributed by atoms with van der Waals surface area (Å²) < 4.78 is 0. The Labute approximate surface area is 116 Å². The molecule has 1 aromatic carbocycles. The SMILES string of the molecule is c1ccc(C2CC(NC3CN4CCC3CC4)C2)cc1. The molecule has 3 aliphatic heterocycles. The first-order valence-electron chi connectivity index (χ1n) is 7.92. The van der Waals surface area contributed by atoms with Crippen LogP contribution in [0.25, 0.3) is 0 Å². The predicted octanol–water partition coefficient (Wildman–Crippen LogP) is 2.62. The fourth-order valence-electron chi connectivity index (χ4n) is 4.21. The lowest BCUT2D eigenvalue weighted by Crippen LogP contribution is -2.59. The second kappa shape index (κ2) is 4.92. The summed E-state index contributed by atoms with van der Waals surface area (Å²) in [5.41, 5.74) is 1.54. The molecule has 0 amide bonds. The maximum Gasteiger partial charge on any atom is 0.0226 e. The third-order valence-electron chi connectivity index (χ3n) is 5.51. The second-order valence-electron chi connectivity index (χ2n) is 6.69. The van der Waals surface area contributed by atoms with Gasteiger partial charge in [0.05, 0.1) is 0 Å². The van der Waals surface area contributed by atoms with E-state index in [0.29, 0.717) is 0 Å². The minimum Gasteiger partial charge on any atom is -0.310 e. The van der Waals surface area contributed by atoms with Crippen molar-refractivity contribution in [3.05, 3.63) is 35.9 Å². The van der Waals surface area contributed by atoms with Crippen molar-refractivity contribution in [3.8, 4) is 0 Å². The van der Waals surface area contributed by atoms with Crippen molar-refractivity contribution in [1.82, 2.24) is 10.2 Å². The molecule has 2 nitrogen and oxygen atoms in total. The van der Waals surface area contributed by atoms with Gasteiger partial charge < -0.3 is 10.2 Å². The number of hydrogen-bond acceptors (Lipinski definition) is 2. The van der Waals surface area contributed by atoms with E-state index in [0.717, 1.165) is 23.9 Å². The van der Waals surface area contributed by atoms with Crippen LogP contribution in [0.5, 0.6) is 0 Å². The molecule has 5 rings (SSSR count). The molecule has 1 unspecified atom stereocenters. The van der Waals surface area contributed by atoms with Crippen molar-refractivity contribution in [2.24, 2.45) is 5.92 Å². The summed E-state index contributed by atoms with van der Waals surface area (Å²) in [6.45, 7) is 4.00. The van der Waals surface area contributed by atoms with E-state index < -0.39 is 0 Å². The summed E-state index contributed by atoms with van der Waals surface area (Å²) in [4.78, 5) is 2.64. The van der Waals surface area contributed by atoms with Crippen molar-refractivity contribution in [1.29, 1.82) is 0 Å². The zero-order valence-corrected chi connectivity index (χ0v) is 11.6. The Morgan fingerprint density at radius 2 is 1.74 bits per heavy atom. The fourth-order valence-corrected chi connectivity index (χ4v) is 4.21. The van der Waals surface area contributed by atoms with Crippen LogP contribution >= 0.6 is 0 Å². The summed E-state index contributed by atoms with van der Waals surface area (Å²) in [6.07, 6.45) is 5.53. The Kier molecular flexibility index (Phi) is 3.08. The molecule has 0 spiro atoms. The summed E-state index contributed by atoms with van der Waals surface area (Å²) >= 11 is 0. The Balaban J connectivity index is 1.30. The zero-order chi connectivity index (χ0) is 12.7. The molecule has 1 atom stereocenters. The van der Waals surface area contributed by atoms with Crippen molar-refractivity contribution >= 4 is 0 Å². The van der Waals surface area contributed by atoms with Crippen LogP contribution in [0.1, 0.15) is 37.2 Å². The van der Waals surface area contributed by atoms with E-state index >= 15 is 0 Å². The number of rotatable bonds is 3. The molecule has 4 fully saturated rings. The van der Waals surface area contributed by atoms with Crippen molar-refractivity contribution in [2.75, 3.05) is 19.6 Å². The molecule has 3 heterocycles. The number of nitrogens with one attached hydrogen (secondary N) is 1. The van der Waals surface area contributed by atoms with Gasteiger partial charge in [0.15, 0.2) is 0 Å². The Hall–Kier alpha value is -0.860. The fraction of sp³-hybridized carbons (Fsp3) is 0.647. The van der Waals surface area contributed by atoms with Crippen molar-refractivity contribution in [2.45, 2.75) is 43.7 Å². The highest BCUT2D eigenvalue weighted by molar-refractivity contribution is 5.22. The standard InChI is InChI=1S/C17H24N2/c1-2-4-13(5-3-1)15-10-16(11-15)18-17-12-19-8-6-14(17)7-9-19/h1-5,14-18H,6-12H2. The smallest absolute Gasteiger partial charge is 0.0226 e. The normalized spacial score (nSPS) is 40.9. The minimum absolute atomic E-state index is 0.774. The number of nitrogens with zero attached hydrogens (tertiary/aromatic N) is 1. The van der Waals surface area contributed by atoms with Crippen LogP contribution in [0.3, 0.4) is 0 Å². The summed E-state index contributed by atoms with van der Waals surface area (Å²) in [7, 11) is 0. The molecule has 2 bridgehead atoms. The molecule has 1 saturated carbocycles. The van der Waals surface area contributed by atoms with E-state index in [1.54, 1.807) is 0 Å². The molecular weight excluding hydrogens is 232 g/mol. The number of benzene rings is 1. The molecule has 1 aromatic rings. The number of hydrogen-bond donors (Lipinski definition) is 1. The molecular formula is C17H24N2. The summed E-state index contributed by atoms with van der Waals surface area (Å²) in [5.74, 6) is 1.76. The third kappa shape index (κ3) is 2.32. The van der Waals surface area contributed by atoms with Crippen LogP contribution in [0.4, 0.5) is 0 Å². The number of fused-ring (bicyclic) bond motifs is 3. The van der Waals surface area contributed by atoms with Crippen LogP contribution in [-0.4, -0.2) is 36.6 Å². The molecule has 2 heteroatoms. The Morgan fingerprint density at radius 1 is 1.00 bits per heavy atom. The van der Waals surface area contributed by atoms with E-state index in [1.807, 2.05) is 0 Å². The van der Waals surface area contributed by atoms with Gasteiger partial charge in [-0.3, -0.25) is 0 Å². The van der Waals surface area contributed by atoms with Gasteiger partial charge in [-0.2, -0.15) is 0 Å². The molecule has 102 valence electrons. The van der Waals surface area contributed by atoms with Gasteiger partial charge in [-0.1, -0.05) is 30.3 Å². The largest absolute Gasteiger partial charge is 0.310 e. The molecule has 1 N–H and O–H groups in total. The first-order valence-corrected chi connectivity index (χ1v) is 7.92. The average molecular weight is 256 g/mol. The zero-order valence-electron chi connectivity index (χ0n) is 11.6. The lowest BCUT2D eigenvalue weighted by atomic mass is 9.74. The van der Waals surface area contributed by atoms with E-state index in [-0.39, 0.29) is 0 Å². The van der Waals surface area contributed by atoms with Gasteiger partial charge in [0, 0.05) is 18.6 Å². The highest BCUT2D eigenvalue weighted by Crippen LogP contribution is 2.38. The summed E-state index contributed by atoms with van der Waals surface area (Å²) in [6, 6.07) is 12.6. The maximum atomic E-state index is 3.94. The molecule has 0 aromatic heterocycles. The molecule has 0 radical (unpaired) electrons. The van der Waals surface area contributed by atoms with Gasteiger partial charge in [-0.25, -0.2) is 0 Å². The number of piperidine rings is 3. The third-order valence-corrected chi connectivity index (χ3v) is 5.51. The van der Waals surface area contributed by atoms with Gasteiger partial charge in [-0.15, -0.1) is 0 Å². The van der Waals surface area contributed by atoms with Gasteiger partial charge in [0.2, 0.25) is 0 Å². The summed E-state index contributed by atoms with van der Waals surface area (Å²) in [5, 5.41) is 3.94. The molecule has 19 heavy (non-hydrogen) atoms. The van der Waals surface area contributed by atoms with Gasteiger partial charge >= 0.3 is 0 Å². The van der Waals surface area contributed by atoms with Crippen LogP contribution in [0.15, 0.2) is 30.3 Å².